The number of nitrogens with zero attached hydrogens (tertiary/aromatic N) is 2. The molecule has 0 atom stereocenters. The topological polar surface area (TPSA) is 76.3 Å². The van der Waals surface area contributed by atoms with Gasteiger partial charge in [-0.05, 0) is 35.7 Å². The van der Waals surface area contributed by atoms with Crippen molar-refractivity contribution >= 4 is 17.5 Å². The van der Waals surface area contributed by atoms with Gasteiger partial charge in [0.1, 0.15) is 0 Å². The molecule has 0 fully saturated rings. The highest BCUT2D eigenvalue weighted by Crippen LogP contribution is 2.31. The summed E-state index contributed by atoms with van der Waals surface area (Å²) in [7, 11) is 1.79. The number of carbonyl (C=O) groups excluding carboxylic acids is 2. The Kier molecular flexibility index (Phi) is 3.17. The SMILES string of the molecule is CN1C(=O)CCc2cc(-c3cncc(C(N)=O)c3)ccc21. The first-order chi connectivity index (χ1) is 10.1. The Balaban J connectivity index is 2.03. The minimum Gasteiger partial charge on any atom is -0.366 e. The first kappa shape index (κ1) is 13.3. The molecule has 5 heteroatoms. The molecule has 0 bridgehead atoms. The third kappa shape index (κ3) is 2.38. The van der Waals surface area contributed by atoms with Crippen LogP contribution in [0, 0.1) is 0 Å². The van der Waals surface area contributed by atoms with Gasteiger partial charge in [0.25, 0.3) is 0 Å². The fraction of sp³-hybridized carbons (Fsp3) is 0.188. The highest BCUT2D eigenvalue weighted by molar-refractivity contribution is 5.96. The van der Waals surface area contributed by atoms with Crippen molar-refractivity contribution in [3.8, 4) is 11.1 Å². The van der Waals surface area contributed by atoms with E-state index in [0.29, 0.717) is 12.0 Å². The molecule has 1 aromatic carbocycles. The Morgan fingerprint density at radius 3 is 2.76 bits per heavy atom. The minimum atomic E-state index is -0.493. The van der Waals surface area contributed by atoms with Crippen LogP contribution >= 0.6 is 0 Å². The Labute approximate surface area is 122 Å². The highest BCUT2D eigenvalue weighted by atomic mass is 16.2. The lowest BCUT2D eigenvalue weighted by Crippen LogP contribution is -2.30. The summed E-state index contributed by atoms with van der Waals surface area (Å²) in [6, 6.07) is 7.63. The molecule has 2 aromatic rings. The zero-order valence-corrected chi connectivity index (χ0v) is 11.7. The standard InChI is InChI=1S/C16H15N3O2/c1-19-14-4-2-10(6-11(14)3-5-15(19)20)12-7-13(16(17)21)9-18-8-12/h2,4,6-9H,3,5H2,1H3,(H2,17,21). The number of anilines is 1. The number of carbonyl (C=O) groups is 2. The summed E-state index contributed by atoms with van der Waals surface area (Å²) in [5.74, 6) is -0.361. The molecule has 0 radical (unpaired) electrons. The van der Waals surface area contributed by atoms with Gasteiger partial charge in [0.05, 0.1) is 5.56 Å². The number of rotatable bonds is 2. The van der Waals surface area contributed by atoms with Crippen molar-refractivity contribution in [1.29, 1.82) is 0 Å². The van der Waals surface area contributed by atoms with Gasteiger partial charge in [-0.15, -0.1) is 0 Å². The molecule has 2 amide bonds. The number of benzene rings is 1. The molecular formula is C16H15N3O2. The van der Waals surface area contributed by atoms with Crippen LogP contribution in [0.2, 0.25) is 0 Å². The minimum absolute atomic E-state index is 0.132. The van der Waals surface area contributed by atoms with Crippen molar-refractivity contribution in [2.24, 2.45) is 5.73 Å². The zero-order chi connectivity index (χ0) is 15.0. The molecule has 0 saturated heterocycles. The Bertz CT molecular complexity index is 740. The van der Waals surface area contributed by atoms with Gasteiger partial charge in [-0.1, -0.05) is 6.07 Å². The molecule has 1 aromatic heterocycles. The van der Waals surface area contributed by atoms with Crippen LogP contribution in [-0.2, 0) is 11.2 Å². The van der Waals surface area contributed by atoms with E-state index in [0.717, 1.165) is 28.8 Å². The normalized spacial score (nSPS) is 14.0. The fourth-order valence-electron chi connectivity index (χ4n) is 2.57. The maximum absolute atomic E-state index is 11.7. The summed E-state index contributed by atoms with van der Waals surface area (Å²) >= 11 is 0. The van der Waals surface area contributed by atoms with Crippen molar-refractivity contribution in [2.75, 3.05) is 11.9 Å². The Morgan fingerprint density at radius 2 is 2.00 bits per heavy atom. The quantitative estimate of drug-likeness (QED) is 0.911. The molecule has 1 aliphatic rings. The summed E-state index contributed by atoms with van der Waals surface area (Å²) in [4.78, 5) is 28.7. The van der Waals surface area contributed by atoms with E-state index in [1.165, 1.54) is 6.20 Å². The van der Waals surface area contributed by atoms with Crippen LogP contribution in [0.15, 0.2) is 36.7 Å². The first-order valence-corrected chi connectivity index (χ1v) is 6.71. The van der Waals surface area contributed by atoms with E-state index in [-0.39, 0.29) is 5.91 Å². The molecule has 2 N–H and O–H groups in total. The van der Waals surface area contributed by atoms with Gasteiger partial charge in [-0.2, -0.15) is 0 Å². The number of primary amides is 1. The number of aromatic nitrogens is 1. The lowest BCUT2D eigenvalue weighted by atomic mass is 9.96. The number of amides is 2. The summed E-state index contributed by atoms with van der Waals surface area (Å²) in [6.45, 7) is 0. The maximum Gasteiger partial charge on any atom is 0.250 e. The fourth-order valence-corrected chi connectivity index (χ4v) is 2.57. The summed E-state index contributed by atoms with van der Waals surface area (Å²) < 4.78 is 0. The van der Waals surface area contributed by atoms with Gasteiger partial charge < -0.3 is 10.6 Å². The Morgan fingerprint density at radius 1 is 1.19 bits per heavy atom. The van der Waals surface area contributed by atoms with Gasteiger partial charge in [0, 0.05) is 37.1 Å². The third-order valence-corrected chi connectivity index (χ3v) is 3.78. The van der Waals surface area contributed by atoms with Crippen LogP contribution in [0.3, 0.4) is 0 Å². The largest absolute Gasteiger partial charge is 0.366 e. The molecule has 2 heterocycles. The number of aryl methyl sites for hydroxylation is 1. The van der Waals surface area contributed by atoms with E-state index in [9.17, 15) is 9.59 Å². The average Bonchev–Trinajstić information content (AvgIpc) is 2.51. The molecule has 1 aliphatic heterocycles. The zero-order valence-electron chi connectivity index (χ0n) is 11.7. The molecule has 106 valence electrons. The van der Waals surface area contributed by atoms with E-state index >= 15 is 0 Å². The number of pyridine rings is 1. The second-order valence-corrected chi connectivity index (χ2v) is 5.12. The van der Waals surface area contributed by atoms with Crippen LogP contribution in [0.5, 0.6) is 0 Å². The van der Waals surface area contributed by atoms with Crippen molar-refractivity contribution in [3.05, 3.63) is 47.8 Å². The molecule has 0 spiro atoms. The van der Waals surface area contributed by atoms with Crippen molar-refractivity contribution < 1.29 is 9.59 Å². The van der Waals surface area contributed by atoms with Gasteiger partial charge >= 0.3 is 0 Å². The Hall–Kier alpha value is -2.69. The van der Waals surface area contributed by atoms with E-state index in [4.69, 9.17) is 5.73 Å². The number of nitrogens with two attached hydrogens (primary N) is 1. The van der Waals surface area contributed by atoms with Crippen LogP contribution in [0.1, 0.15) is 22.3 Å². The monoisotopic (exact) mass is 281 g/mol. The van der Waals surface area contributed by atoms with Crippen LogP contribution in [0.4, 0.5) is 5.69 Å². The lowest BCUT2D eigenvalue weighted by Gasteiger charge is -2.26. The second kappa shape index (κ2) is 5.01. The summed E-state index contributed by atoms with van der Waals surface area (Å²) in [6.07, 6.45) is 4.41. The third-order valence-electron chi connectivity index (χ3n) is 3.78. The molecule has 21 heavy (non-hydrogen) atoms. The van der Waals surface area contributed by atoms with Crippen molar-refractivity contribution in [1.82, 2.24) is 4.98 Å². The number of fused-ring (bicyclic) bond motifs is 1. The van der Waals surface area contributed by atoms with Crippen molar-refractivity contribution in [3.63, 3.8) is 0 Å². The van der Waals surface area contributed by atoms with E-state index in [2.05, 4.69) is 4.98 Å². The van der Waals surface area contributed by atoms with E-state index < -0.39 is 5.91 Å². The molecule has 3 rings (SSSR count). The average molecular weight is 281 g/mol. The predicted molar refractivity (Wildman–Crippen MR) is 79.9 cm³/mol. The first-order valence-electron chi connectivity index (χ1n) is 6.71. The number of hydrogen-bond donors (Lipinski definition) is 1. The molecule has 0 unspecified atom stereocenters. The van der Waals surface area contributed by atoms with Crippen LogP contribution < -0.4 is 10.6 Å². The number of hydrogen-bond acceptors (Lipinski definition) is 3. The summed E-state index contributed by atoms with van der Waals surface area (Å²) in [5, 5.41) is 0. The smallest absolute Gasteiger partial charge is 0.250 e. The summed E-state index contributed by atoms with van der Waals surface area (Å²) in [5.41, 5.74) is 9.54. The van der Waals surface area contributed by atoms with Crippen LogP contribution in [0.25, 0.3) is 11.1 Å². The van der Waals surface area contributed by atoms with E-state index in [1.54, 1.807) is 24.2 Å². The highest BCUT2D eigenvalue weighted by Gasteiger charge is 2.21. The molecule has 5 nitrogen and oxygen atoms in total. The van der Waals surface area contributed by atoms with Crippen molar-refractivity contribution in [2.45, 2.75) is 12.8 Å². The molecular weight excluding hydrogens is 266 g/mol. The van der Waals surface area contributed by atoms with E-state index in [1.807, 2.05) is 18.2 Å². The van der Waals surface area contributed by atoms with Gasteiger partial charge in [0.15, 0.2) is 0 Å². The van der Waals surface area contributed by atoms with Gasteiger partial charge in [-0.25, -0.2) is 0 Å². The molecule has 0 saturated carbocycles. The lowest BCUT2D eigenvalue weighted by molar-refractivity contribution is -0.118. The van der Waals surface area contributed by atoms with Gasteiger partial charge in [-0.3, -0.25) is 14.6 Å². The molecule has 0 aliphatic carbocycles. The van der Waals surface area contributed by atoms with Gasteiger partial charge in [0.2, 0.25) is 11.8 Å². The predicted octanol–water partition coefficient (Wildman–Crippen LogP) is 1.76. The maximum atomic E-state index is 11.7. The van der Waals surface area contributed by atoms with Crippen LogP contribution in [-0.4, -0.2) is 23.8 Å². The second-order valence-electron chi connectivity index (χ2n) is 5.12.